The minimum atomic E-state index is -0.350. The number of hydrogen-bond acceptors (Lipinski definition) is 4. The number of fused-ring (bicyclic) bond motifs is 1. The summed E-state index contributed by atoms with van der Waals surface area (Å²) in [6, 6.07) is 20.1. The summed E-state index contributed by atoms with van der Waals surface area (Å²) < 4.78 is 5.18. The van der Waals surface area contributed by atoms with Crippen molar-refractivity contribution in [2.45, 2.75) is 19.8 Å². The van der Waals surface area contributed by atoms with Gasteiger partial charge in [0, 0.05) is 11.3 Å². The topological polar surface area (TPSA) is 67.4 Å². The standard InChI is InChI=1S/C23H22N2O3S/c1-2-3-14-28-22(27)17-10-12-20(13-11-17)24-23(29)25-21(26)19-9-8-16-6-4-5-7-18(16)15-19/h4-13,15H,2-3,14H2,1H3,(H2,24,25,26,29). The van der Waals surface area contributed by atoms with Crippen LogP contribution in [0.15, 0.2) is 66.7 Å². The molecule has 29 heavy (non-hydrogen) atoms. The van der Waals surface area contributed by atoms with Crippen LogP contribution in [0.1, 0.15) is 40.5 Å². The molecule has 0 radical (unpaired) electrons. The molecule has 0 aliphatic carbocycles. The monoisotopic (exact) mass is 406 g/mol. The lowest BCUT2D eigenvalue weighted by atomic mass is 10.1. The average molecular weight is 407 g/mol. The van der Waals surface area contributed by atoms with E-state index in [1.54, 1.807) is 30.3 Å². The molecule has 0 spiro atoms. The fourth-order valence-electron chi connectivity index (χ4n) is 2.75. The first-order valence-corrected chi connectivity index (χ1v) is 9.86. The number of unbranched alkanes of at least 4 members (excludes halogenated alkanes) is 1. The third-order valence-corrected chi connectivity index (χ3v) is 4.55. The molecule has 0 heterocycles. The van der Waals surface area contributed by atoms with Gasteiger partial charge >= 0.3 is 5.97 Å². The molecule has 3 rings (SSSR count). The molecule has 2 N–H and O–H groups in total. The Morgan fingerprint density at radius 2 is 1.62 bits per heavy atom. The molecule has 6 heteroatoms. The van der Waals surface area contributed by atoms with E-state index in [1.165, 1.54) is 0 Å². The fourth-order valence-corrected chi connectivity index (χ4v) is 2.96. The molecule has 3 aromatic rings. The SMILES string of the molecule is CCCCOC(=O)c1ccc(NC(=S)NC(=O)c2ccc3ccccc3c2)cc1. The molecule has 1 amide bonds. The van der Waals surface area contributed by atoms with Crippen molar-refractivity contribution in [3.05, 3.63) is 77.9 Å². The van der Waals surface area contributed by atoms with Gasteiger partial charge in [0.05, 0.1) is 12.2 Å². The van der Waals surface area contributed by atoms with E-state index in [2.05, 4.69) is 10.6 Å². The Kier molecular flexibility index (Phi) is 6.92. The highest BCUT2D eigenvalue weighted by Gasteiger charge is 2.10. The first-order chi connectivity index (χ1) is 14.1. The zero-order valence-electron chi connectivity index (χ0n) is 16.1. The molecule has 0 atom stereocenters. The van der Waals surface area contributed by atoms with Gasteiger partial charge in [-0.25, -0.2) is 4.79 Å². The number of ether oxygens (including phenoxy) is 1. The number of nitrogens with one attached hydrogen (secondary N) is 2. The highest BCUT2D eigenvalue weighted by molar-refractivity contribution is 7.80. The van der Waals surface area contributed by atoms with Crippen LogP contribution in [0.3, 0.4) is 0 Å². The zero-order chi connectivity index (χ0) is 20.6. The number of hydrogen-bond donors (Lipinski definition) is 2. The lowest BCUT2D eigenvalue weighted by molar-refractivity contribution is 0.0499. The predicted octanol–water partition coefficient (Wildman–Crippen LogP) is 4.92. The van der Waals surface area contributed by atoms with Crippen molar-refractivity contribution in [2.75, 3.05) is 11.9 Å². The molecule has 0 aromatic heterocycles. The van der Waals surface area contributed by atoms with Gasteiger partial charge in [-0.05, 0) is 65.8 Å². The zero-order valence-corrected chi connectivity index (χ0v) is 16.9. The number of benzene rings is 3. The van der Waals surface area contributed by atoms with Gasteiger partial charge in [-0.3, -0.25) is 10.1 Å². The van der Waals surface area contributed by atoms with Crippen LogP contribution < -0.4 is 10.6 Å². The highest BCUT2D eigenvalue weighted by atomic mass is 32.1. The molecular formula is C23H22N2O3S. The molecule has 0 aliphatic rings. The Morgan fingerprint density at radius 1 is 0.931 bits per heavy atom. The minimum Gasteiger partial charge on any atom is -0.462 e. The lowest BCUT2D eigenvalue weighted by Crippen LogP contribution is -2.34. The summed E-state index contributed by atoms with van der Waals surface area (Å²) in [7, 11) is 0. The number of carbonyl (C=O) groups is 2. The Morgan fingerprint density at radius 3 is 2.34 bits per heavy atom. The molecule has 5 nitrogen and oxygen atoms in total. The van der Waals surface area contributed by atoms with Crippen molar-refractivity contribution in [1.82, 2.24) is 5.32 Å². The summed E-state index contributed by atoms with van der Waals surface area (Å²) in [5.41, 5.74) is 1.66. The van der Waals surface area contributed by atoms with Crippen LogP contribution in [0.2, 0.25) is 0 Å². The van der Waals surface area contributed by atoms with E-state index >= 15 is 0 Å². The van der Waals surface area contributed by atoms with Crippen molar-refractivity contribution < 1.29 is 14.3 Å². The maximum atomic E-state index is 12.5. The Bertz CT molecular complexity index is 1030. The van der Waals surface area contributed by atoms with Crippen LogP contribution in [0.5, 0.6) is 0 Å². The quantitative estimate of drug-likeness (QED) is 0.345. The third kappa shape index (κ3) is 5.62. The van der Waals surface area contributed by atoms with Crippen molar-refractivity contribution in [3.63, 3.8) is 0 Å². The number of anilines is 1. The van der Waals surface area contributed by atoms with Crippen LogP contribution in [0.25, 0.3) is 10.8 Å². The van der Waals surface area contributed by atoms with Crippen molar-refractivity contribution in [1.29, 1.82) is 0 Å². The maximum Gasteiger partial charge on any atom is 0.338 e. The minimum absolute atomic E-state index is 0.182. The van der Waals surface area contributed by atoms with Gasteiger partial charge in [-0.2, -0.15) is 0 Å². The second-order valence-electron chi connectivity index (χ2n) is 6.54. The average Bonchev–Trinajstić information content (AvgIpc) is 2.74. The highest BCUT2D eigenvalue weighted by Crippen LogP contribution is 2.16. The van der Waals surface area contributed by atoms with Crippen LogP contribution in [-0.2, 0) is 4.74 Å². The van der Waals surface area contributed by atoms with E-state index in [9.17, 15) is 9.59 Å². The van der Waals surface area contributed by atoms with Gasteiger partial charge in [-0.1, -0.05) is 43.7 Å². The number of esters is 1. The van der Waals surface area contributed by atoms with Gasteiger partial charge in [0.2, 0.25) is 0 Å². The van der Waals surface area contributed by atoms with Crippen LogP contribution in [0, 0.1) is 0 Å². The Hall–Kier alpha value is -3.25. The Balaban J connectivity index is 1.56. The van der Waals surface area contributed by atoms with E-state index in [0.717, 1.165) is 23.6 Å². The molecule has 0 saturated heterocycles. The molecule has 148 valence electrons. The number of amides is 1. The lowest BCUT2D eigenvalue weighted by Gasteiger charge is -2.11. The summed E-state index contributed by atoms with van der Waals surface area (Å²) in [6.45, 7) is 2.45. The van der Waals surface area contributed by atoms with Crippen LogP contribution >= 0.6 is 12.2 Å². The number of rotatable bonds is 6. The smallest absolute Gasteiger partial charge is 0.338 e. The van der Waals surface area contributed by atoms with E-state index in [1.807, 2.05) is 43.3 Å². The molecular weight excluding hydrogens is 384 g/mol. The number of thiocarbonyl (C=S) groups is 1. The van der Waals surface area contributed by atoms with E-state index < -0.39 is 0 Å². The third-order valence-electron chi connectivity index (χ3n) is 4.35. The first kappa shape index (κ1) is 20.5. The first-order valence-electron chi connectivity index (χ1n) is 9.45. The fraction of sp³-hybridized carbons (Fsp3) is 0.174. The van der Waals surface area contributed by atoms with Crippen molar-refractivity contribution in [2.24, 2.45) is 0 Å². The molecule has 0 fully saturated rings. The second kappa shape index (κ2) is 9.80. The van der Waals surface area contributed by atoms with Crippen LogP contribution in [0.4, 0.5) is 5.69 Å². The largest absolute Gasteiger partial charge is 0.462 e. The second-order valence-corrected chi connectivity index (χ2v) is 6.95. The molecule has 0 bridgehead atoms. The molecule has 0 unspecified atom stereocenters. The van der Waals surface area contributed by atoms with Crippen molar-refractivity contribution in [3.8, 4) is 0 Å². The van der Waals surface area contributed by atoms with Gasteiger partial charge in [0.15, 0.2) is 5.11 Å². The van der Waals surface area contributed by atoms with E-state index in [-0.39, 0.29) is 17.0 Å². The number of carbonyl (C=O) groups excluding carboxylic acids is 2. The van der Waals surface area contributed by atoms with Gasteiger partial charge in [0.1, 0.15) is 0 Å². The molecule has 0 aliphatic heterocycles. The molecule has 0 saturated carbocycles. The maximum absolute atomic E-state index is 12.5. The molecule has 3 aromatic carbocycles. The van der Waals surface area contributed by atoms with Gasteiger partial charge in [0.25, 0.3) is 5.91 Å². The summed E-state index contributed by atoms with van der Waals surface area (Å²) in [6.07, 6.45) is 1.81. The normalized spacial score (nSPS) is 10.4. The van der Waals surface area contributed by atoms with E-state index in [0.29, 0.717) is 23.4 Å². The van der Waals surface area contributed by atoms with Gasteiger partial charge < -0.3 is 10.1 Å². The summed E-state index contributed by atoms with van der Waals surface area (Å²) in [4.78, 5) is 24.4. The van der Waals surface area contributed by atoms with Gasteiger partial charge in [-0.15, -0.1) is 0 Å². The van der Waals surface area contributed by atoms with Crippen molar-refractivity contribution >= 4 is 45.7 Å². The van der Waals surface area contributed by atoms with E-state index in [4.69, 9.17) is 17.0 Å². The predicted molar refractivity (Wildman–Crippen MR) is 119 cm³/mol. The summed E-state index contributed by atoms with van der Waals surface area (Å²) in [5, 5.41) is 7.85. The summed E-state index contributed by atoms with van der Waals surface area (Å²) in [5.74, 6) is -0.637. The summed E-state index contributed by atoms with van der Waals surface area (Å²) >= 11 is 5.23. The van der Waals surface area contributed by atoms with Crippen LogP contribution in [-0.4, -0.2) is 23.6 Å². The Labute approximate surface area is 175 Å².